The van der Waals surface area contributed by atoms with Crippen LogP contribution in [0.25, 0.3) is 16.7 Å². The Morgan fingerprint density at radius 2 is 1.92 bits per heavy atom. The number of para-hydroxylation sites is 1. The van der Waals surface area contributed by atoms with E-state index in [4.69, 9.17) is 4.98 Å². The van der Waals surface area contributed by atoms with Crippen molar-refractivity contribution in [2.75, 3.05) is 5.32 Å². The summed E-state index contributed by atoms with van der Waals surface area (Å²) < 4.78 is 3.90. The molecule has 0 unspecified atom stereocenters. The van der Waals surface area contributed by atoms with Gasteiger partial charge in [-0.1, -0.05) is 18.2 Å². The van der Waals surface area contributed by atoms with Crippen molar-refractivity contribution in [3.05, 3.63) is 60.0 Å². The minimum absolute atomic E-state index is 0.534. The number of aromatic nitrogens is 5. The van der Waals surface area contributed by atoms with Crippen LogP contribution in [0.5, 0.6) is 0 Å². The zero-order valence-electron chi connectivity index (χ0n) is 13.9. The number of rotatable bonds is 3. The highest BCUT2D eigenvalue weighted by Crippen LogP contribution is 2.22. The van der Waals surface area contributed by atoms with Gasteiger partial charge < -0.3 is 9.88 Å². The van der Waals surface area contributed by atoms with Crippen LogP contribution in [0.2, 0.25) is 0 Å². The SMILES string of the molecule is Cc1cnc(Nc2cc(C)n(C)n2)nc1-n1ccc2ccccc21. The van der Waals surface area contributed by atoms with E-state index in [2.05, 4.69) is 38.2 Å². The van der Waals surface area contributed by atoms with E-state index in [0.717, 1.165) is 28.4 Å². The predicted molar refractivity (Wildman–Crippen MR) is 94.8 cm³/mol. The van der Waals surface area contributed by atoms with Gasteiger partial charge in [0.15, 0.2) is 5.82 Å². The van der Waals surface area contributed by atoms with Crippen LogP contribution in [0, 0.1) is 13.8 Å². The third-order valence-electron chi connectivity index (χ3n) is 4.13. The topological polar surface area (TPSA) is 60.6 Å². The van der Waals surface area contributed by atoms with Gasteiger partial charge in [0.1, 0.15) is 5.82 Å². The Hall–Kier alpha value is -3.15. The minimum atomic E-state index is 0.534. The van der Waals surface area contributed by atoms with Gasteiger partial charge in [0.05, 0.1) is 5.52 Å². The number of benzene rings is 1. The second kappa shape index (κ2) is 5.49. The molecule has 4 aromatic rings. The van der Waals surface area contributed by atoms with E-state index >= 15 is 0 Å². The fourth-order valence-corrected chi connectivity index (χ4v) is 2.74. The van der Waals surface area contributed by atoms with Gasteiger partial charge in [-0.3, -0.25) is 4.68 Å². The molecule has 1 N–H and O–H groups in total. The normalized spacial score (nSPS) is 11.1. The smallest absolute Gasteiger partial charge is 0.230 e. The van der Waals surface area contributed by atoms with Crippen LogP contribution < -0.4 is 5.32 Å². The molecular formula is C18H18N6. The number of anilines is 2. The van der Waals surface area contributed by atoms with Crippen molar-refractivity contribution in [1.29, 1.82) is 0 Å². The average molecular weight is 318 g/mol. The molecule has 0 aliphatic carbocycles. The number of hydrogen-bond acceptors (Lipinski definition) is 4. The lowest BCUT2D eigenvalue weighted by Gasteiger charge is -2.10. The molecule has 0 radical (unpaired) electrons. The van der Waals surface area contributed by atoms with Gasteiger partial charge in [0.2, 0.25) is 5.95 Å². The molecule has 120 valence electrons. The van der Waals surface area contributed by atoms with Gasteiger partial charge in [0.25, 0.3) is 0 Å². The third kappa shape index (κ3) is 2.42. The van der Waals surface area contributed by atoms with Crippen LogP contribution >= 0.6 is 0 Å². The van der Waals surface area contributed by atoms with Gasteiger partial charge in [-0.05, 0) is 31.4 Å². The number of aryl methyl sites for hydroxylation is 3. The van der Waals surface area contributed by atoms with Crippen molar-refractivity contribution in [2.24, 2.45) is 7.05 Å². The molecule has 3 aromatic heterocycles. The van der Waals surface area contributed by atoms with E-state index < -0.39 is 0 Å². The molecule has 0 fully saturated rings. The van der Waals surface area contributed by atoms with E-state index in [-0.39, 0.29) is 0 Å². The summed E-state index contributed by atoms with van der Waals surface area (Å²) in [6.07, 6.45) is 3.87. The first-order valence-electron chi connectivity index (χ1n) is 7.79. The fourth-order valence-electron chi connectivity index (χ4n) is 2.74. The largest absolute Gasteiger partial charge is 0.307 e. The fraction of sp³-hybridized carbons (Fsp3) is 0.167. The molecule has 0 saturated heterocycles. The molecule has 6 nitrogen and oxygen atoms in total. The summed E-state index contributed by atoms with van der Waals surface area (Å²) in [4.78, 5) is 9.07. The van der Waals surface area contributed by atoms with E-state index in [9.17, 15) is 0 Å². The van der Waals surface area contributed by atoms with Crippen molar-refractivity contribution >= 4 is 22.7 Å². The maximum Gasteiger partial charge on any atom is 0.230 e. The molecule has 0 amide bonds. The zero-order valence-corrected chi connectivity index (χ0v) is 13.9. The molecule has 0 atom stereocenters. The standard InChI is InChI=1S/C18H18N6/c1-12-11-19-18(20-16-10-13(2)23(3)22-16)21-17(12)24-9-8-14-6-4-5-7-15(14)24/h4-11H,1-3H3,(H,19,20,21,22). The summed E-state index contributed by atoms with van der Waals surface area (Å²) >= 11 is 0. The Morgan fingerprint density at radius 3 is 2.71 bits per heavy atom. The number of nitrogens with one attached hydrogen (secondary N) is 1. The lowest BCUT2D eigenvalue weighted by Crippen LogP contribution is -2.05. The zero-order chi connectivity index (χ0) is 16.7. The molecule has 0 aliphatic heterocycles. The molecule has 1 aromatic carbocycles. The molecule has 4 rings (SSSR count). The Morgan fingerprint density at radius 1 is 1.08 bits per heavy atom. The molecule has 24 heavy (non-hydrogen) atoms. The van der Waals surface area contributed by atoms with Crippen LogP contribution in [0.3, 0.4) is 0 Å². The maximum absolute atomic E-state index is 4.69. The van der Waals surface area contributed by atoms with Crippen LogP contribution in [0.15, 0.2) is 48.8 Å². The van der Waals surface area contributed by atoms with E-state index in [1.54, 1.807) is 0 Å². The number of fused-ring (bicyclic) bond motifs is 1. The predicted octanol–water partition coefficient (Wildman–Crippen LogP) is 3.51. The lowest BCUT2D eigenvalue weighted by atomic mass is 10.2. The van der Waals surface area contributed by atoms with Gasteiger partial charge >= 0.3 is 0 Å². The van der Waals surface area contributed by atoms with E-state index in [1.165, 1.54) is 5.39 Å². The quantitative estimate of drug-likeness (QED) is 0.628. The number of nitrogens with zero attached hydrogens (tertiary/aromatic N) is 5. The Labute approximate surface area is 139 Å². The Bertz CT molecular complexity index is 1010. The highest BCUT2D eigenvalue weighted by molar-refractivity contribution is 5.81. The summed E-state index contributed by atoms with van der Waals surface area (Å²) in [5, 5.41) is 8.75. The summed E-state index contributed by atoms with van der Waals surface area (Å²) in [6, 6.07) is 12.3. The van der Waals surface area contributed by atoms with Gasteiger partial charge in [-0.25, -0.2) is 4.98 Å². The molecule has 6 heteroatoms. The first kappa shape index (κ1) is 14.4. The first-order valence-corrected chi connectivity index (χ1v) is 7.79. The molecular weight excluding hydrogens is 300 g/mol. The lowest BCUT2D eigenvalue weighted by molar-refractivity contribution is 0.742. The van der Waals surface area contributed by atoms with Crippen LogP contribution in [-0.4, -0.2) is 24.3 Å². The van der Waals surface area contributed by atoms with E-state index in [1.807, 2.05) is 56.2 Å². The van der Waals surface area contributed by atoms with Gasteiger partial charge in [0, 0.05) is 36.8 Å². The van der Waals surface area contributed by atoms with Gasteiger partial charge in [-0.15, -0.1) is 0 Å². The summed E-state index contributed by atoms with van der Waals surface area (Å²) in [6.45, 7) is 4.02. The monoisotopic (exact) mass is 318 g/mol. The highest BCUT2D eigenvalue weighted by atomic mass is 15.3. The average Bonchev–Trinajstić information content (AvgIpc) is 3.13. The second-order valence-corrected chi connectivity index (χ2v) is 5.86. The summed E-state index contributed by atoms with van der Waals surface area (Å²) in [5.74, 6) is 2.13. The van der Waals surface area contributed by atoms with E-state index in [0.29, 0.717) is 5.95 Å². The van der Waals surface area contributed by atoms with Crippen molar-refractivity contribution in [3.63, 3.8) is 0 Å². The third-order valence-corrected chi connectivity index (χ3v) is 4.13. The number of hydrogen-bond donors (Lipinski definition) is 1. The molecule has 0 spiro atoms. The van der Waals surface area contributed by atoms with Crippen LogP contribution in [0.4, 0.5) is 11.8 Å². The van der Waals surface area contributed by atoms with Crippen molar-refractivity contribution in [2.45, 2.75) is 13.8 Å². The molecule has 0 saturated carbocycles. The van der Waals surface area contributed by atoms with Crippen LogP contribution in [-0.2, 0) is 7.05 Å². The maximum atomic E-state index is 4.69. The Balaban J connectivity index is 1.76. The second-order valence-electron chi connectivity index (χ2n) is 5.86. The van der Waals surface area contributed by atoms with Crippen LogP contribution in [0.1, 0.15) is 11.3 Å². The Kier molecular flexibility index (Phi) is 3.30. The molecule has 0 bridgehead atoms. The molecule has 3 heterocycles. The highest BCUT2D eigenvalue weighted by Gasteiger charge is 2.10. The summed E-state index contributed by atoms with van der Waals surface area (Å²) in [7, 11) is 1.91. The van der Waals surface area contributed by atoms with Gasteiger partial charge in [-0.2, -0.15) is 10.1 Å². The minimum Gasteiger partial charge on any atom is -0.307 e. The van der Waals surface area contributed by atoms with Crippen molar-refractivity contribution in [3.8, 4) is 5.82 Å². The molecule has 0 aliphatic rings. The van der Waals surface area contributed by atoms with Crippen molar-refractivity contribution in [1.82, 2.24) is 24.3 Å². The van der Waals surface area contributed by atoms with Crippen molar-refractivity contribution < 1.29 is 0 Å². The first-order chi connectivity index (χ1) is 11.6. The summed E-state index contributed by atoms with van der Waals surface area (Å²) in [5.41, 5.74) is 3.21.